The zero-order valence-electron chi connectivity index (χ0n) is 15.5. The van der Waals surface area contributed by atoms with Gasteiger partial charge < -0.3 is 10.6 Å². The number of nitrogens with one attached hydrogen (secondary N) is 2. The van der Waals surface area contributed by atoms with Crippen molar-refractivity contribution in [1.82, 2.24) is 20.4 Å². The lowest BCUT2D eigenvalue weighted by atomic mass is 10.1. The highest BCUT2D eigenvalue weighted by Gasteiger charge is 2.00. The van der Waals surface area contributed by atoms with Gasteiger partial charge in [-0.3, -0.25) is 4.68 Å². The molecule has 0 saturated heterocycles. The predicted molar refractivity (Wildman–Crippen MR) is 116 cm³/mol. The molecule has 138 valence electrons. The zero-order chi connectivity index (χ0) is 17.2. The largest absolute Gasteiger partial charge is 0.356 e. The van der Waals surface area contributed by atoms with Crippen LogP contribution in [-0.2, 0) is 20.0 Å². The second-order valence-corrected chi connectivity index (χ2v) is 6.13. The Morgan fingerprint density at radius 3 is 2.48 bits per heavy atom. The third-order valence-electron chi connectivity index (χ3n) is 3.83. The van der Waals surface area contributed by atoms with Gasteiger partial charge in [-0.1, -0.05) is 43.2 Å². The second kappa shape index (κ2) is 11.9. The van der Waals surface area contributed by atoms with Crippen LogP contribution in [0.25, 0.3) is 0 Å². The Balaban J connectivity index is 0.00000312. The van der Waals surface area contributed by atoms with Crippen LogP contribution >= 0.6 is 24.0 Å². The standard InChI is InChI=1S/C19H29N5.HI/c1-4-5-11-20-19(21-12-10-18-14-23-24(3)15-18)22-13-17-8-6-16(2)7-9-17;/h6-9,14-15H,4-5,10-13H2,1-3H3,(H2,20,21,22);1H. The molecule has 2 aromatic rings. The lowest BCUT2D eigenvalue weighted by Crippen LogP contribution is -2.38. The van der Waals surface area contributed by atoms with Gasteiger partial charge in [0, 0.05) is 26.3 Å². The lowest BCUT2D eigenvalue weighted by molar-refractivity contribution is 0.722. The summed E-state index contributed by atoms with van der Waals surface area (Å²) in [5.41, 5.74) is 3.74. The van der Waals surface area contributed by atoms with Gasteiger partial charge >= 0.3 is 0 Å². The molecule has 5 nitrogen and oxygen atoms in total. The van der Waals surface area contributed by atoms with Gasteiger partial charge in [0.2, 0.25) is 0 Å². The average Bonchev–Trinajstić information content (AvgIpc) is 2.99. The number of hydrogen-bond donors (Lipinski definition) is 2. The van der Waals surface area contributed by atoms with Gasteiger partial charge in [-0.2, -0.15) is 5.10 Å². The maximum absolute atomic E-state index is 4.71. The first-order valence-corrected chi connectivity index (χ1v) is 8.72. The van der Waals surface area contributed by atoms with Gasteiger partial charge in [0.25, 0.3) is 0 Å². The molecule has 6 heteroatoms. The number of aliphatic imine (C=N–C) groups is 1. The monoisotopic (exact) mass is 455 g/mol. The number of benzene rings is 1. The van der Waals surface area contributed by atoms with E-state index in [-0.39, 0.29) is 24.0 Å². The maximum atomic E-state index is 4.71. The van der Waals surface area contributed by atoms with Crippen molar-refractivity contribution >= 4 is 29.9 Å². The number of nitrogens with zero attached hydrogens (tertiary/aromatic N) is 3. The summed E-state index contributed by atoms with van der Waals surface area (Å²) in [6.45, 7) is 6.78. The highest BCUT2D eigenvalue weighted by molar-refractivity contribution is 14.0. The van der Waals surface area contributed by atoms with Gasteiger partial charge in [0.1, 0.15) is 0 Å². The summed E-state index contributed by atoms with van der Waals surface area (Å²) in [5, 5.41) is 11.0. The molecule has 1 aromatic carbocycles. The fourth-order valence-corrected chi connectivity index (χ4v) is 2.35. The van der Waals surface area contributed by atoms with Crippen LogP contribution in [0.2, 0.25) is 0 Å². The van der Waals surface area contributed by atoms with Crippen molar-refractivity contribution in [2.45, 2.75) is 39.7 Å². The van der Waals surface area contributed by atoms with Crippen molar-refractivity contribution in [3.05, 3.63) is 53.3 Å². The van der Waals surface area contributed by atoms with Crippen LogP contribution in [0, 0.1) is 6.92 Å². The Morgan fingerprint density at radius 1 is 1.12 bits per heavy atom. The molecule has 0 radical (unpaired) electrons. The van der Waals surface area contributed by atoms with E-state index in [2.05, 4.69) is 60.0 Å². The molecule has 0 aliphatic carbocycles. The van der Waals surface area contributed by atoms with Crippen molar-refractivity contribution < 1.29 is 0 Å². The summed E-state index contributed by atoms with van der Waals surface area (Å²) in [6.07, 6.45) is 7.22. The fourth-order valence-electron chi connectivity index (χ4n) is 2.35. The molecule has 0 spiro atoms. The number of aryl methyl sites for hydroxylation is 2. The molecule has 0 aliphatic heterocycles. The maximum Gasteiger partial charge on any atom is 0.191 e. The van der Waals surface area contributed by atoms with Crippen LogP contribution in [0.1, 0.15) is 36.5 Å². The van der Waals surface area contributed by atoms with E-state index in [9.17, 15) is 0 Å². The van der Waals surface area contributed by atoms with Crippen molar-refractivity contribution in [1.29, 1.82) is 0 Å². The minimum atomic E-state index is 0. The number of rotatable bonds is 8. The normalized spacial score (nSPS) is 11.1. The molecular weight excluding hydrogens is 425 g/mol. The van der Waals surface area contributed by atoms with E-state index in [1.807, 2.05) is 17.9 Å². The summed E-state index contributed by atoms with van der Waals surface area (Å²) >= 11 is 0. The van der Waals surface area contributed by atoms with Crippen molar-refractivity contribution in [3.63, 3.8) is 0 Å². The Bertz CT molecular complexity index is 634. The molecule has 0 fully saturated rings. The summed E-state index contributed by atoms with van der Waals surface area (Å²) in [5.74, 6) is 0.882. The molecular formula is C19H30IN5. The first-order chi connectivity index (χ1) is 11.7. The van der Waals surface area contributed by atoms with Gasteiger partial charge in [0.05, 0.1) is 12.7 Å². The lowest BCUT2D eigenvalue weighted by Gasteiger charge is -2.12. The topological polar surface area (TPSA) is 54.2 Å². The molecule has 0 unspecified atom stereocenters. The Morgan fingerprint density at radius 2 is 1.84 bits per heavy atom. The summed E-state index contributed by atoms with van der Waals surface area (Å²) in [4.78, 5) is 4.71. The minimum Gasteiger partial charge on any atom is -0.356 e. The highest BCUT2D eigenvalue weighted by atomic mass is 127. The van der Waals surface area contributed by atoms with Crippen LogP contribution in [0.5, 0.6) is 0 Å². The number of guanidine groups is 1. The number of hydrogen-bond acceptors (Lipinski definition) is 2. The first-order valence-electron chi connectivity index (χ1n) is 8.72. The predicted octanol–water partition coefficient (Wildman–Crippen LogP) is 3.42. The third-order valence-corrected chi connectivity index (χ3v) is 3.83. The fraction of sp³-hybridized carbons (Fsp3) is 0.474. The van der Waals surface area contributed by atoms with E-state index in [0.29, 0.717) is 6.54 Å². The molecule has 2 N–H and O–H groups in total. The van der Waals surface area contributed by atoms with Crippen LogP contribution in [0.4, 0.5) is 0 Å². The molecule has 0 bridgehead atoms. The van der Waals surface area contributed by atoms with Crippen LogP contribution in [0.15, 0.2) is 41.7 Å². The van der Waals surface area contributed by atoms with Crippen molar-refractivity contribution in [2.75, 3.05) is 13.1 Å². The van der Waals surface area contributed by atoms with Gasteiger partial charge in [-0.25, -0.2) is 4.99 Å². The Hall–Kier alpha value is -1.57. The minimum absolute atomic E-state index is 0. The van der Waals surface area contributed by atoms with Crippen LogP contribution in [-0.4, -0.2) is 28.8 Å². The molecule has 2 rings (SSSR count). The molecule has 0 atom stereocenters. The first kappa shape index (κ1) is 21.5. The molecule has 0 saturated carbocycles. The molecule has 1 aromatic heterocycles. The van der Waals surface area contributed by atoms with Crippen LogP contribution < -0.4 is 10.6 Å². The number of halogens is 1. The SMILES string of the molecule is CCCCNC(=NCc1ccc(C)cc1)NCCc1cnn(C)c1.I. The molecule has 1 heterocycles. The summed E-state index contributed by atoms with van der Waals surface area (Å²) < 4.78 is 1.83. The molecule has 0 aliphatic rings. The molecule has 25 heavy (non-hydrogen) atoms. The van der Waals surface area contributed by atoms with E-state index in [0.717, 1.165) is 31.9 Å². The quantitative estimate of drug-likeness (QED) is 0.278. The number of unbranched alkanes of at least 4 members (excludes halogenated alkanes) is 1. The zero-order valence-corrected chi connectivity index (χ0v) is 17.8. The summed E-state index contributed by atoms with van der Waals surface area (Å²) in [7, 11) is 1.94. The smallest absolute Gasteiger partial charge is 0.191 e. The Labute approximate surface area is 168 Å². The third kappa shape index (κ3) is 8.38. The summed E-state index contributed by atoms with van der Waals surface area (Å²) in [6, 6.07) is 8.53. The second-order valence-electron chi connectivity index (χ2n) is 6.13. The highest BCUT2D eigenvalue weighted by Crippen LogP contribution is 2.04. The van der Waals surface area contributed by atoms with E-state index >= 15 is 0 Å². The van der Waals surface area contributed by atoms with E-state index in [1.165, 1.54) is 23.1 Å². The van der Waals surface area contributed by atoms with Gasteiger partial charge in [-0.05, 0) is 30.9 Å². The molecule has 0 amide bonds. The van der Waals surface area contributed by atoms with Gasteiger partial charge in [0.15, 0.2) is 5.96 Å². The van der Waals surface area contributed by atoms with Crippen molar-refractivity contribution in [2.24, 2.45) is 12.0 Å². The number of aromatic nitrogens is 2. The average molecular weight is 455 g/mol. The Kier molecular flexibility index (Phi) is 10.2. The van der Waals surface area contributed by atoms with E-state index < -0.39 is 0 Å². The van der Waals surface area contributed by atoms with E-state index in [1.54, 1.807) is 0 Å². The van der Waals surface area contributed by atoms with Crippen LogP contribution in [0.3, 0.4) is 0 Å². The van der Waals surface area contributed by atoms with Crippen molar-refractivity contribution in [3.8, 4) is 0 Å². The van der Waals surface area contributed by atoms with E-state index in [4.69, 9.17) is 4.99 Å². The van der Waals surface area contributed by atoms with Gasteiger partial charge in [-0.15, -0.1) is 24.0 Å².